The first kappa shape index (κ1) is 17.5. The molecule has 0 fully saturated rings. The molecule has 118 valence electrons. The molecule has 1 aromatic carbocycles. The van der Waals surface area contributed by atoms with E-state index in [1.807, 2.05) is 13.8 Å². The van der Waals surface area contributed by atoms with Gasteiger partial charge in [-0.25, -0.2) is 17.9 Å². The quantitative estimate of drug-likeness (QED) is 0.804. The summed E-state index contributed by atoms with van der Waals surface area (Å²) in [7, 11) is -2.43. The monoisotopic (exact) mass is 315 g/mol. The van der Waals surface area contributed by atoms with Gasteiger partial charge in [-0.15, -0.1) is 0 Å². The molecule has 1 rings (SSSR count). The first-order chi connectivity index (χ1) is 9.72. The number of rotatable bonds is 7. The van der Waals surface area contributed by atoms with Crippen molar-refractivity contribution in [1.29, 1.82) is 0 Å². The van der Waals surface area contributed by atoms with E-state index in [2.05, 4.69) is 4.72 Å². The van der Waals surface area contributed by atoms with Crippen molar-refractivity contribution in [3.63, 3.8) is 0 Å². The highest BCUT2D eigenvalue weighted by Gasteiger charge is 2.23. The van der Waals surface area contributed by atoms with Gasteiger partial charge < -0.3 is 9.84 Å². The van der Waals surface area contributed by atoms with Crippen LogP contribution in [0.1, 0.15) is 37.6 Å². The molecule has 0 aromatic heterocycles. The van der Waals surface area contributed by atoms with Crippen LogP contribution in [0.5, 0.6) is 5.75 Å². The summed E-state index contributed by atoms with van der Waals surface area (Å²) >= 11 is 0. The van der Waals surface area contributed by atoms with Gasteiger partial charge in [0.1, 0.15) is 11.3 Å². The maximum Gasteiger partial charge on any atom is 0.339 e. The normalized spacial score (nSPS) is 14.5. The van der Waals surface area contributed by atoms with Crippen LogP contribution in [-0.4, -0.2) is 32.6 Å². The first-order valence-corrected chi connectivity index (χ1v) is 8.14. The van der Waals surface area contributed by atoms with Crippen LogP contribution in [-0.2, 0) is 10.0 Å². The van der Waals surface area contributed by atoms with Crippen molar-refractivity contribution in [1.82, 2.24) is 4.72 Å². The van der Waals surface area contributed by atoms with Crippen molar-refractivity contribution in [3.05, 3.63) is 23.8 Å². The second-order valence-electron chi connectivity index (χ2n) is 4.96. The third-order valence-corrected chi connectivity index (χ3v) is 5.11. The van der Waals surface area contributed by atoms with Crippen molar-refractivity contribution < 1.29 is 23.1 Å². The Labute approximate surface area is 125 Å². The lowest BCUT2D eigenvalue weighted by atomic mass is 10.0. The van der Waals surface area contributed by atoms with Gasteiger partial charge in [0, 0.05) is 6.04 Å². The molecule has 0 saturated heterocycles. The van der Waals surface area contributed by atoms with Gasteiger partial charge in [0.05, 0.1) is 12.0 Å². The van der Waals surface area contributed by atoms with E-state index in [9.17, 15) is 13.2 Å². The highest BCUT2D eigenvalue weighted by Crippen LogP contribution is 2.23. The van der Waals surface area contributed by atoms with E-state index in [-0.39, 0.29) is 28.2 Å². The molecular weight excluding hydrogens is 294 g/mol. The fraction of sp³-hybridized carbons (Fsp3) is 0.500. The molecule has 2 atom stereocenters. The summed E-state index contributed by atoms with van der Waals surface area (Å²) in [6.45, 7) is 5.71. The molecule has 2 unspecified atom stereocenters. The summed E-state index contributed by atoms with van der Waals surface area (Å²) in [5, 5.41) is 9.10. The molecule has 0 aliphatic heterocycles. The number of sulfonamides is 1. The highest BCUT2D eigenvalue weighted by molar-refractivity contribution is 7.89. The minimum absolute atomic E-state index is 0.0872. The average molecular weight is 315 g/mol. The Kier molecular flexibility index (Phi) is 5.74. The minimum Gasteiger partial charge on any atom is -0.496 e. The Bertz CT molecular complexity index is 612. The van der Waals surface area contributed by atoms with Gasteiger partial charge in [-0.2, -0.15) is 0 Å². The lowest BCUT2D eigenvalue weighted by Crippen LogP contribution is -2.36. The van der Waals surface area contributed by atoms with Gasteiger partial charge >= 0.3 is 5.97 Å². The number of methoxy groups -OCH3 is 1. The summed E-state index contributed by atoms with van der Waals surface area (Å²) in [6, 6.07) is 3.53. The van der Waals surface area contributed by atoms with Gasteiger partial charge in [-0.05, 0) is 31.0 Å². The number of aromatic carboxylic acids is 1. The molecule has 0 radical (unpaired) electrons. The number of ether oxygens (including phenoxy) is 1. The summed E-state index contributed by atoms with van der Waals surface area (Å²) < 4.78 is 32.1. The third-order valence-electron chi connectivity index (χ3n) is 3.55. The molecule has 0 bridgehead atoms. The predicted molar refractivity (Wildman–Crippen MR) is 79.2 cm³/mol. The smallest absolute Gasteiger partial charge is 0.339 e. The average Bonchev–Trinajstić information content (AvgIpc) is 2.44. The third kappa shape index (κ3) is 4.18. The highest BCUT2D eigenvalue weighted by atomic mass is 32.2. The van der Waals surface area contributed by atoms with Crippen LogP contribution in [0.15, 0.2) is 23.1 Å². The molecule has 0 amide bonds. The van der Waals surface area contributed by atoms with Crippen LogP contribution in [0.3, 0.4) is 0 Å². The molecule has 0 aliphatic rings. The molecular formula is C14H21NO5S. The fourth-order valence-corrected chi connectivity index (χ4v) is 3.18. The molecule has 2 N–H and O–H groups in total. The summed E-state index contributed by atoms with van der Waals surface area (Å²) in [4.78, 5) is 11.1. The number of hydrogen-bond acceptors (Lipinski definition) is 4. The largest absolute Gasteiger partial charge is 0.496 e. The number of benzene rings is 1. The molecule has 21 heavy (non-hydrogen) atoms. The van der Waals surface area contributed by atoms with Crippen LogP contribution < -0.4 is 9.46 Å². The summed E-state index contributed by atoms with van der Waals surface area (Å²) in [5.41, 5.74) is -0.184. The van der Waals surface area contributed by atoms with Gasteiger partial charge in [0.25, 0.3) is 0 Å². The van der Waals surface area contributed by atoms with E-state index in [0.29, 0.717) is 0 Å². The number of carboxylic acid groups (broad SMARTS) is 1. The number of hydrogen-bond donors (Lipinski definition) is 2. The van der Waals surface area contributed by atoms with Crippen LogP contribution in [0.25, 0.3) is 0 Å². The van der Waals surface area contributed by atoms with Gasteiger partial charge in [-0.3, -0.25) is 0 Å². The van der Waals surface area contributed by atoms with E-state index < -0.39 is 16.0 Å². The van der Waals surface area contributed by atoms with Gasteiger partial charge in [0.15, 0.2) is 0 Å². The lowest BCUT2D eigenvalue weighted by Gasteiger charge is -2.20. The van der Waals surface area contributed by atoms with Gasteiger partial charge in [0.2, 0.25) is 10.0 Å². The Hall–Kier alpha value is -1.60. The molecule has 0 heterocycles. The zero-order chi connectivity index (χ0) is 16.2. The summed E-state index contributed by atoms with van der Waals surface area (Å²) in [6.07, 6.45) is 0.840. The van der Waals surface area contributed by atoms with E-state index in [4.69, 9.17) is 9.84 Å². The molecule has 0 spiro atoms. The molecule has 0 saturated carbocycles. The van der Waals surface area contributed by atoms with Crippen molar-refractivity contribution in [2.75, 3.05) is 7.11 Å². The lowest BCUT2D eigenvalue weighted by molar-refractivity contribution is 0.0693. The molecule has 7 heteroatoms. The Morgan fingerprint density at radius 2 is 2.00 bits per heavy atom. The molecule has 1 aromatic rings. The Balaban J connectivity index is 3.15. The van der Waals surface area contributed by atoms with Crippen molar-refractivity contribution in [3.8, 4) is 5.75 Å². The van der Waals surface area contributed by atoms with E-state index in [1.165, 1.54) is 19.2 Å². The van der Waals surface area contributed by atoms with Crippen LogP contribution in [0.4, 0.5) is 0 Å². The molecule has 0 aliphatic carbocycles. The number of nitrogens with one attached hydrogen (secondary N) is 1. The summed E-state index contributed by atoms with van der Waals surface area (Å²) in [5.74, 6) is -0.938. The van der Waals surface area contributed by atoms with Gasteiger partial charge in [-0.1, -0.05) is 20.3 Å². The second kappa shape index (κ2) is 6.91. The maximum absolute atomic E-state index is 12.3. The maximum atomic E-state index is 12.3. The zero-order valence-corrected chi connectivity index (χ0v) is 13.4. The Morgan fingerprint density at radius 3 is 2.48 bits per heavy atom. The molecule has 6 nitrogen and oxygen atoms in total. The number of carbonyl (C=O) groups is 1. The predicted octanol–water partition coefficient (Wildman–Crippen LogP) is 2.11. The van der Waals surface area contributed by atoms with Crippen LogP contribution >= 0.6 is 0 Å². The first-order valence-electron chi connectivity index (χ1n) is 6.66. The standard InChI is InChI=1S/C14H21NO5S/c1-5-9(2)10(3)15-21(18,19)11-6-7-13(20-4)12(8-11)14(16)17/h6-10,15H,5H2,1-4H3,(H,16,17). The second-order valence-corrected chi connectivity index (χ2v) is 6.68. The van der Waals surface area contributed by atoms with E-state index in [1.54, 1.807) is 6.92 Å². The fourth-order valence-electron chi connectivity index (χ4n) is 1.80. The van der Waals surface area contributed by atoms with E-state index >= 15 is 0 Å². The van der Waals surface area contributed by atoms with Crippen molar-refractivity contribution in [2.45, 2.75) is 38.1 Å². The SMILES string of the molecule is CCC(C)C(C)NS(=O)(=O)c1ccc(OC)c(C(=O)O)c1. The topological polar surface area (TPSA) is 92.7 Å². The zero-order valence-electron chi connectivity index (χ0n) is 12.6. The minimum atomic E-state index is -3.76. The Morgan fingerprint density at radius 1 is 1.38 bits per heavy atom. The van der Waals surface area contributed by atoms with Crippen LogP contribution in [0.2, 0.25) is 0 Å². The van der Waals surface area contributed by atoms with Crippen LogP contribution in [0, 0.1) is 5.92 Å². The number of carboxylic acids is 1. The van der Waals surface area contributed by atoms with E-state index in [0.717, 1.165) is 12.5 Å². The van der Waals surface area contributed by atoms with Crippen molar-refractivity contribution >= 4 is 16.0 Å². The van der Waals surface area contributed by atoms with Crippen molar-refractivity contribution in [2.24, 2.45) is 5.92 Å².